The molecule has 5 heteroatoms. The second-order valence-electron chi connectivity index (χ2n) is 15.5. The summed E-state index contributed by atoms with van der Waals surface area (Å²) in [5, 5.41) is 7.94. The van der Waals surface area contributed by atoms with Crippen LogP contribution >= 0.6 is 11.3 Å². The third kappa shape index (κ3) is 5.16. The third-order valence-electron chi connectivity index (χ3n) is 12.3. The van der Waals surface area contributed by atoms with Gasteiger partial charge >= 0.3 is 0 Å². The van der Waals surface area contributed by atoms with Gasteiger partial charge in [-0.2, -0.15) is 0 Å². The number of thiophene rings is 1. The Morgan fingerprint density at radius 3 is 1.73 bits per heavy atom. The van der Waals surface area contributed by atoms with E-state index in [1.165, 1.54) is 63.2 Å². The molecule has 3 nitrogen and oxygen atoms in total. The average molecular weight is 800 g/mol. The second-order valence-corrected chi connectivity index (χ2v) is 20.3. The van der Waals surface area contributed by atoms with E-state index in [-0.39, 0.29) is 0 Å². The van der Waals surface area contributed by atoms with E-state index in [2.05, 4.69) is 233 Å². The molecule has 0 aliphatic carbocycles. The van der Waals surface area contributed by atoms with Crippen molar-refractivity contribution >= 4 is 88.2 Å². The molecule has 0 saturated carbocycles. The molecular formula is C55H37N3SSi. The molecule has 3 aromatic heterocycles. The van der Waals surface area contributed by atoms with Gasteiger partial charge in [0.1, 0.15) is 0 Å². The highest BCUT2D eigenvalue weighted by atomic mass is 32.1. The fourth-order valence-electron chi connectivity index (χ4n) is 9.78. The second kappa shape index (κ2) is 13.9. The number of rotatable bonds is 7. The zero-order valence-corrected chi connectivity index (χ0v) is 34.4. The van der Waals surface area contributed by atoms with Gasteiger partial charge in [0, 0.05) is 31.4 Å². The Kier molecular flexibility index (Phi) is 8.05. The van der Waals surface area contributed by atoms with Gasteiger partial charge in [-0.05, 0) is 79.9 Å². The lowest BCUT2D eigenvalue weighted by Crippen LogP contribution is -2.75. The van der Waals surface area contributed by atoms with Crippen molar-refractivity contribution in [3.8, 4) is 27.9 Å². The largest absolute Gasteiger partial charge is 0.278 e. The van der Waals surface area contributed by atoms with Gasteiger partial charge in [0.05, 0.1) is 22.1 Å². The van der Waals surface area contributed by atoms with Crippen molar-refractivity contribution < 1.29 is 0 Å². The van der Waals surface area contributed by atoms with Crippen LogP contribution in [-0.2, 0) is 0 Å². The van der Waals surface area contributed by atoms with Gasteiger partial charge in [-0.3, -0.25) is 8.97 Å². The highest BCUT2D eigenvalue weighted by Crippen LogP contribution is 2.42. The zero-order chi connectivity index (χ0) is 39.6. The quantitative estimate of drug-likeness (QED) is 0.116. The Labute approximate surface area is 352 Å². The standard InChI is InChI=1S/C55H37N3SSi/c1-3-20-39(21-4-1)60(40-22-5-2-6-23-40,41-24-17-19-38(37-41)57-50-33-13-14-34-51(50)58-49-32-12-11-31-48(49)56-55(57)58)53-36-16-10-28-45(53)42-25-7-8-26-43(42)46-29-18-30-47-44-27-9-15-35-52(44)59-54(46)47/h1-37H. The molecule has 0 bridgehead atoms. The topological polar surface area (TPSA) is 22.2 Å². The van der Waals surface area contributed by atoms with Gasteiger partial charge in [-0.25, -0.2) is 4.98 Å². The van der Waals surface area contributed by atoms with Crippen LogP contribution < -0.4 is 20.7 Å². The maximum atomic E-state index is 5.26. The first-order chi connectivity index (χ1) is 29.8. The van der Waals surface area contributed by atoms with Gasteiger partial charge < -0.3 is 0 Å². The predicted octanol–water partition coefficient (Wildman–Crippen LogP) is 11.5. The summed E-state index contributed by atoms with van der Waals surface area (Å²) in [4.78, 5) is 5.26. The van der Waals surface area contributed by atoms with Crippen molar-refractivity contribution in [2.24, 2.45) is 0 Å². The number of hydrogen-bond acceptors (Lipinski definition) is 2. The molecule has 12 aromatic rings. The van der Waals surface area contributed by atoms with Crippen molar-refractivity contribution in [2.45, 2.75) is 0 Å². The van der Waals surface area contributed by atoms with E-state index in [0.29, 0.717) is 0 Å². The normalized spacial score (nSPS) is 12.0. The fraction of sp³-hybridized carbons (Fsp3) is 0. The van der Waals surface area contributed by atoms with Crippen LogP contribution in [-0.4, -0.2) is 22.0 Å². The van der Waals surface area contributed by atoms with Gasteiger partial charge in [-0.1, -0.05) is 182 Å². The summed E-state index contributed by atoms with van der Waals surface area (Å²) >= 11 is 1.89. The molecule has 12 rings (SSSR count). The van der Waals surface area contributed by atoms with E-state index in [1.54, 1.807) is 0 Å². The van der Waals surface area contributed by atoms with E-state index >= 15 is 0 Å². The molecule has 0 spiro atoms. The number of aromatic nitrogens is 3. The number of nitrogens with zero attached hydrogens (tertiary/aromatic N) is 3. The van der Waals surface area contributed by atoms with Crippen LogP contribution in [0.15, 0.2) is 224 Å². The SMILES string of the molecule is c1ccc([Si](c2ccccc2)(c2cccc(-n3c4ccccc4n4c5ccccc5nc34)c2)c2ccccc2-c2ccccc2-c2cccc3c2sc2ccccc23)cc1. The summed E-state index contributed by atoms with van der Waals surface area (Å²) in [6, 6.07) is 82.9. The first kappa shape index (κ1) is 34.7. The molecule has 60 heavy (non-hydrogen) atoms. The molecule has 0 aliphatic rings. The fourth-order valence-corrected chi connectivity index (χ4v) is 16.0. The van der Waals surface area contributed by atoms with E-state index in [9.17, 15) is 0 Å². The van der Waals surface area contributed by atoms with Gasteiger partial charge in [-0.15, -0.1) is 11.3 Å². The Bertz CT molecular complexity index is 3520. The first-order valence-corrected chi connectivity index (χ1v) is 23.3. The lowest BCUT2D eigenvalue weighted by molar-refractivity contribution is 1.11. The molecule has 0 amide bonds. The Morgan fingerprint density at radius 1 is 0.400 bits per heavy atom. The van der Waals surface area contributed by atoms with E-state index < -0.39 is 8.07 Å². The molecule has 3 heterocycles. The Balaban J connectivity index is 1.16. The molecule has 0 unspecified atom stereocenters. The van der Waals surface area contributed by atoms with Crippen molar-refractivity contribution in [2.75, 3.05) is 0 Å². The summed E-state index contributed by atoms with van der Waals surface area (Å²) in [6.45, 7) is 0. The Morgan fingerprint density at radius 2 is 0.950 bits per heavy atom. The Hall–Kier alpha value is -7.31. The van der Waals surface area contributed by atoms with Crippen molar-refractivity contribution in [3.05, 3.63) is 224 Å². The number of benzene rings is 9. The average Bonchev–Trinajstić information content (AvgIpc) is 3.99. The molecular weight excluding hydrogens is 763 g/mol. The molecule has 282 valence electrons. The van der Waals surface area contributed by atoms with Gasteiger partial charge in [0.25, 0.3) is 0 Å². The van der Waals surface area contributed by atoms with Crippen LogP contribution in [0.3, 0.4) is 0 Å². The summed E-state index contributed by atoms with van der Waals surface area (Å²) in [5.74, 6) is 0.908. The summed E-state index contributed by atoms with van der Waals surface area (Å²) in [5.41, 5.74) is 10.4. The smallest absolute Gasteiger partial charge is 0.220 e. The molecule has 0 fully saturated rings. The van der Waals surface area contributed by atoms with E-state index in [4.69, 9.17) is 4.98 Å². The lowest BCUT2D eigenvalue weighted by atomic mass is 9.93. The predicted molar refractivity (Wildman–Crippen MR) is 257 cm³/mol. The first-order valence-electron chi connectivity index (χ1n) is 20.5. The molecule has 0 saturated heterocycles. The van der Waals surface area contributed by atoms with Crippen molar-refractivity contribution in [1.82, 2.24) is 14.0 Å². The maximum absolute atomic E-state index is 5.26. The van der Waals surface area contributed by atoms with Crippen LogP contribution in [0.1, 0.15) is 0 Å². The molecule has 0 radical (unpaired) electrons. The lowest BCUT2D eigenvalue weighted by Gasteiger charge is -2.36. The highest BCUT2D eigenvalue weighted by molar-refractivity contribution is 7.26. The van der Waals surface area contributed by atoms with Crippen LogP contribution in [0.5, 0.6) is 0 Å². The van der Waals surface area contributed by atoms with Crippen molar-refractivity contribution in [3.63, 3.8) is 0 Å². The molecule has 0 aliphatic heterocycles. The summed E-state index contributed by atoms with van der Waals surface area (Å²) in [6.07, 6.45) is 0. The number of hydrogen-bond donors (Lipinski definition) is 0. The molecule has 0 N–H and O–H groups in total. The third-order valence-corrected chi connectivity index (χ3v) is 18.3. The van der Waals surface area contributed by atoms with Crippen LogP contribution in [0.25, 0.3) is 76.0 Å². The van der Waals surface area contributed by atoms with Gasteiger partial charge in [0.15, 0.2) is 8.07 Å². The van der Waals surface area contributed by atoms with Crippen LogP contribution in [0.4, 0.5) is 0 Å². The highest BCUT2D eigenvalue weighted by Gasteiger charge is 2.43. The van der Waals surface area contributed by atoms with Crippen LogP contribution in [0, 0.1) is 0 Å². The maximum Gasteiger partial charge on any atom is 0.220 e. The van der Waals surface area contributed by atoms with E-state index in [1.807, 2.05) is 11.3 Å². The van der Waals surface area contributed by atoms with Gasteiger partial charge in [0.2, 0.25) is 5.78 Å². The van der Waals surface area contributed by atoms with E-state index in [0.717, 1.165) is 33.5 Å². The number of fused-ring (bicyclic) bond motifs is 8. The summed E-state index contributed by atoms with van der Waals surface area (Å²) < 4.78 is 7.29. The zero-order valence-electron chi connectivity index (χ0n) is 32.6. The van der Waals surface area contributed by atoms with Crippen molar-refractivity contribution in [1.29, 1.82) is 0 Å². The number of para-hydroxylation sites is 4. The minimum atomic E-state index is -3.08. The minimum absolute atomic E-state index is 0.908. The molecule has 9 aromatic carbocycles. The minimum Gasteiger partial charge on any atom is -0.278 e. The monoisotopic (exact) mass is 799 g/mol. The van der Waals surface area contributed by atoms with Crippen LogP contribution in [0.2, 0.25) is 0 Å². The molecule has 0 atom stereocenters. The summed E-state index contributed by atoms with van der Waals surface area (Å²) in [7, 11) is -3.08. The number of imidazole rings is 2.